The van der Waals surface area contributed by atoms with Crippen LogP contribution in [0.5, 0.6) is 0 Å². The topological polar surface area (TPSA) is 46.6 Å². The van der Waals surface area contributed by atoms with E-state index in [2.05, 4.69) is 6.58 Å². The fraction of sp³-hybridized carbons (Fsp3) is 0.412. The highest BCUT2D eigenvalue weighted by molar-refractivity contribution is 5.97. The molecule has 0 spiro atoms. The lowest BCUT2D eigenvalue weighted by molar-refractivity contribution is -0.117. The lowest BCUT2D eigenvalue weighted by atomic mass is 10.1. The summed E-state index contributed by atoms with van der Waals surface area (Å²) < 4.78 is 5.31. The molecule has 0 aromatic heterocycles. The Bertz CT molecular complexity index is 554. The first kappa shape index (κ1) is 15.3. The molecule has 1 saturated heterocycles. The van der Waals surface area contributed by atoms with E-state index >= 15 is 0 Å². The maximum Gasteiger partial charge on any atom is 0.338 e. The second kappa shape index (κ2) is 5.72. The van der Waals surface area contributed by atoms with E-state index < -0.39 is 5.60 Å². The lowest BCUT2D eigenvalue weighted by Crippen LogP contribution is -2.25. The van der Waals surface area contributed by atoms with E-state index in [4.69, 9.17) is 4.74 Å². The van der Waals surface area contributed by atoms with Crippen LogP contribution in [-0.4, -0.2) is 24.0 Å². The number of hydrogen-bond donors (Lipinski definition) is 0. The highest BCUT2D eigenvalue weighted by Gasteiger charge is 2.28. The van der Waals surface area contributed by atoms with Crippen molar-refractivity contribution >= 4 is 17.6 Å². The number of amides is 1. The fourth-order valence-electron chi connectivity index (χ4n) is 2.26. The molecule has 1 unspecified atom stereocenters. The number of rotatable bonds is 3. The van der Waals surface area contributed by atoms with E-state index in [0.717, 1.165) is 5.69 Å². The van der Waals surface area contributed by atoms with Gasteiger partial charge in [0.25, 0.3) is 0 Å². The number of anilines is 1. The number of hydrogen-bond acceptors (Lipinski definition) is 3. The zero-order chi connectivity index (χ0) is 15.6. The van der Waals surface area contributed by atoms with Crippen LogP contribution in [0.3, 0.4) is 0 Å². The Kier molecular flexibility index (Phi) is 4.16. The normalized spacial score (nSPS) is 18.7. The summed E-state index contributed by atoms with van der Waals surface area (Å²) >= 11 is 0. The summed E-state index contributed by atoms with van der Waals surface area (Å²) in [4.78, 5) is 25.6. The molecule has 1 amide bonds. The molecule has 1 aromatic rings. The largest absolute Gasteiger partial charge is 0.456 e. The van der Waals surface area contributed by atoms with Crippen LogP contribution in [0.25, 0.3) is 0 Å². The van der Waals surface area contributed by atoms with Crippen molar-refractivity contribution in [3.05, 3.63) is 42.5 Å². The van der Waals surface area contributed by atoms with Crippen LogP contribution in [0.2, 0.25) is 0 Å². The first-order valence-electron chi connectivity index (χ1n) is 7.06. The van der Waals surface area contributed by atoms with Gasteiger partial charge in [0.2, 0.25) is 5.91 Å². The molecule has 1 aliphatic rings. The standard InChI is InChI=1S/C17H21NO3/c1-5-12-10-15(19)18(11-12)14-8-6-13(7-9-14)16(20)21-17(2,3)4/h5-9,12H,1,10-11H2,2-4H3. The first-order valence-corrected chi connectivity index (χ1v) is 7.06. The molecule has 21 heavy (non-hydrogen) atoms. The second-order valence-corrected chi connectivity index (χ2v) is 6.25. The van der Waals surface area contributed by atoms with Gasteiger partial charge < -0.3 is 9.64 Å². The molecule has 1 fully saturated rings. The van der Waals surface area contributed by atoms with E-state index in [9.17, 15) is 9.59 Å². The molecule has 1 aromatic carbocycles. The van der Waals surface area contributed by atoms with E-state index in [1.807, 2.05) is 26.8 Å². The van der Waals surface area contributed by atoms with Gasteiger partial charge in [-0.1, -0.05) is 6.08 Å². The van der Waals surface area contributed by atoms with E-state index in [0.29, 0.717) is 18.5 Å². The zero-order valence-corrected chi connectivity index (χ0v) is 12.8. The summed E-state index contributed by atoms with van der Waals surface area (Å²) in [7, 11) is 0. The fourth-order valence-corrected chi connectivity index (χ4v) is 2.26. The number of esters is 1. The smallest absolute Gasteiger partial charge is 0.338 e. The van der Waals surface area contributed by atoms with Crippen LogP contribution >= 0.6 is 0 Å². The first-order chi connectivity index (χ1) is 9.80. The molecule has 1 aliphatic heterocycles. The Morgan fingerprint density at radius 2 is 1.95 bits per heavy atom. The molecule has 1 heterocycles. The monoisotopic (exact) mass is 287 g/mol. The number of nitrogens with zero attached hydrogens (tertiary/aromatic N) is 1. The quantitative estimate of drug-likeness (QED) is 0.633. The van der Waals surface area contributed by atoms with Gasteiger partial charge in [-0.2, -0.15) is 0 Å². The van der Waals surface area contributed by atoms with Crippen molar-refractivity contribution in [2.24, 2.45) is 5.92 Å². The molecule has 112 valence electrons. The van der Waals surface area contributed by atoms with Gasteiger partial charge in [0.15, 0.2) is 0 Å². The van der Waals surface area contributed by atoms with Crippen LogP contribution in [0.1, 0.15) is 37.6 Å². The zero-order valence-electron chi connectivity index (χ0n) is 12.8. The molecular weight excluding hydrogens is 266 g/mol. The van der Waals surface area contributed by atoms with Gasteiger partial charge in [-0.15, -0.1) is 6.58 Å². The van der Waals surface area contributed by atoms with Gasteiger partial charge in [-0.3, -0.25) is 4.79 Å². The minimum Gasteiger partial charge on any atom is -0.456 e. The summed E-state index contributed by atoms with van der Waals surface area (Å²) in [5, 5.41) is 0. The highest BCUT2D eigenvalue weighted by atomic mass is 16.6. The molecule has 4 heteroatoms. The van der Waals surface area contributed by atoms with Crippen LogP contribution in [0.4, 0.5) is 5.69 Å². The minimum atomic E-state index is -0.516. The van der Waals surface area contributed by atoms with Crippen molar-refractivity contribution in [3.8, 4) is 0 Å². The number of benzene rings is 1. The Hall–Kier alpha value is -2.10. The predicted molar refractivity (Wildman–Crippen MR) is 82.3 cm³/mol. The SMILES string of the molecule is C=CC1CC(=O)N(c2ccc(C(=O)OC(C)(C)C)cc2)C1. The number of carbonyl (C=O) groups is 2. The van der Waals surface area contributed by atoms with Gasteiger partial charge in [-0.25, -0.2) is 4.79 Å². The lowest BCUT2D eigenvalue weighted by Gasteiger charge is -2.20. The summed E-state index contributed by atoms with van der Waals surface area (Å²) in [6, 6.07) is 6.95. The third-order valence-corrected chi connectivity index (χ3v) is 3.30. The molecule has 0 radical (unpaired) electrons. The molecule has 4 nitrogen and oxygen atoms in total. The molecule has 0 aliphatic carbocycles. The van der Waals surface area contributed by atoms with E-state index in [1.165, 1.54) is 0 Å². The minimum absolute atomic E-state index is 0.0879. The average molecular weight is 287 g/mol. The average Bonchev–Trinajstić information content (AvgIpc) is 2.78. The van der Waals surface area contributed by atoms with Crippen molar-refractivity contribution in [2.45, 2.75) is 32.8 Å². The highest BCUT2D eigenvalue weighted by Crippen LogP contribution is 2.26. The maximum atomic E-state index is 11.9. The van der Waals surface area contributed by atoms with Gasteiger partial charge >= 0.3 is 5.97 Å². The van der Waals surface area contributed by atoms with Gasteiger partial charge in [0.1, 0.15) is 5.60 Å². The van der Waals surface area contributed by atoms with E-state index in [1.54, 1.807) is 29.2 Å². The van der Waals surface area contributed by atoms with Crippen LogP contribution in [0.15, 0.2) is 36.9 Å². The predicted octanol–water partition coefficient (Wildman–Crippen LogP) is 3.18. The van der Waals surface area contributed by atoms with Gasteiger partial charge in [-0.05, 0) is 45.0 Å². The summed E-state index contributed by atoms with van der Waals surface area (Å²) in [5.41, 5.74) is 0.773. The van der Waals surface area contributed by atoms with Crippen LogP contribution < -0.4 is 4.90 Å². The van der Waals surface area contributed by atoms with Crippen LogP contribution in [0, 0.1) is 5.92 Å². The Morgan fingerprint density at radius 1 is 1.33 bits per heavy atom. The molecule has 1 atom stereocenters. The summed E-state index contributed by atoms with van der Waals surface area (Å²) in [6.07, 6.45) is 2.31. The molecule has 0 N–H and O–H groups in total. The Balaban J connectivity index is 2.11. The number of carbonyl (C=O) groups excluding carboxylic acids is 2. The molecule has 0 saturated carbocycles. The Labute approximate surface area is 125 Å². The summed E-state index contributed by atoms with van der Waals surface area (Å²) in [5.74, 6) is -0.0706. The maximum absolute atomic E-state index is 11.9. The van der Waals surface area contributed by atoms with Crippen molar-refractivity contribution in [2.75, 3.05) is 11.4 Å². The Morgan fingerprint density at radius 3 is 2.43 bits per heavy atom. The number of ether oxygens (including phenoxy) is 1. The van der Waals surface area contributed by atoms with E-state index in [-0.39, 0.29) is 17.8 Å². The van der Waals surface area contributed by atoms with Gasteiger partial charge in [0, 0.05) is 24.6 Å². The third-order valence-electron chi connectivity index (χ3n) is 3.30. The summed E-state index contributed by atoms with van der Waals surface area (Å²) in [6.45, 7) is 9.88. The van der Waals surface area contributed by atoms with Crippen molar-refractivity contribution in [3.63, 3.8) is 0 Å². The van der Waals surface area contributed by atoms with Crippen molar-refractivity contribution < 1.29 is 14.3 Å². The molecular formula is C17H21NO3. The van der Waals surface area contributed by atoms with Gasteiger partial charge in [0.05, 0.1) is 5.56 Å². The molecule has 0 bridgehead atoms. The second-order valence-electron chi connectivity index (χ2n) is 6.25. The molecule has 2 rings (SSSR count). The third kappa shape index (κ3) is 3.72. The van der Waals surface area contributed by atoms with Crippen molar-refractivity contribution in [1.82, 2.24) is 0 Å². The van der Waals surface area contributed by atoms with Crippen molar-refractivity contribution in [1.29, 1.82) is 0 Å². The van der Waals surface area contributed by atoms with Crippen LogP contribution in [-0.2, 0) is 9.53 Å².